The highest BCUT2D eigenvalue weighted by Gasteiger charge is 2.33. The number of aliphatic carboxylic acids is 1. The minimum absolute atomic E-state index is 0.153. The number of carboxylic acids is 1. The Morgan fingerprint density at radius 3 is 1.64 bits per heavy atom. The number of carbonyl (C=O) groups excluding carboxylic acids is 3. The van der Waals surface area contributed by atoms with Crippen molar-refractivity contribution in [1.29, 1.82) is 0 Å². The number of carboxylic acid groups (broad SMARTS) is 1. The van der Waals surface area contributed by atoms with E-state index in [0.717, 1.165) is 11.1 Å². The first-order chi connectivity index (χ1) is 18.6. The molecule has 9 nitrogen and oxygen atoms in total. The van der Waals surface area contributed by atoms with Crippen LogP contribution in [0.25, 0.3) is 0 Å². The molecule has 3 amide bonds. The number of hydrogen-bond acceptors (Lipinski definition) is 5. The van der Waals surface area contributed by atoms with Crippen LogP contribution >= 0.6 is 0 Å². The Balaban J connectivity index is 2.23. The highest BCUT2D eigenvalue weighted by molar-refractivity contribution is 5.94. The molecule has 39 heavy (non-hydrogen) atoms. The molecule has 0 spiro atoms. The molecule has 0 aliphatic carbocycles. The molecule has 0 aromatic heterocycles. The quantitative estimate of drug-likeness (QED) is 0.235. The summed E-state index contributed by atoms with van der Waals surface area (Å²) in [4.78, 5) is 51.6. The van der Waals surface area contributed by atoms with E-state index in [1.807, 2.05) is 81.4 Å². The van der Waals surface area contributed by atoms with Gasteiger partial charge in [0.15, 0.2) is 0 Å². The lowest BCUT2D eigenvalue weighted by molar-refractivity contribution is -0.143. The van der Waals surface area contributed by atoms with Crippen LogP contribution in [0.1, 0.15) is 51.7 Å². The standard InChI is InChI=1S/C30H42N4O5/c1-5-19(3)25(33-27(35)23(31)17-21-13-9-7-10-14-21)29(37)32-24(18-22-15-11-8-12-16-22)28(36)34-26(30(38)39)20(4)6-2/h7-16,19-20,23-26H,5-6,17-18,31H2,1-4H3,(H,32,37)(H,33,35)(H,34,36)(H,38,39). The van der Waals surface area contributed by atoms with Crippen molar-refractivity contribution >= 4 is 23.7 Å². The second-order valence-electron chi connectivity index (χ2n) is 10.1. The van der Waals surface area contributed by atoms with Crippen LogP contribution in [0.5, 0.6) is 0 Å². The van der Waals surface area contributed by atoms with Crippen molar-refractivity contribution in [3.63, 3.8) is 0 Å². The number of amides is 3. The van der Waals surface area contributed by atoms with Gasteiger partial charge in [0.2, 0.25) is 17.7 Å². The van der Waals surface area contributed by atoms with Gasteiger partial charge in [-0.25, -0.2) is 4.79 Å². The molecular weight excluding hydrogens is 496 g/mol. The summed E-state index contributed by atoms with van der Waals surface area (Å²) in [5, 5.41) is 17.8. The van der Waals surface area contributed by atoms with Gasteiger partial charge in [-0.1, -0.05) is 101 Å². The summed E-state index contributed by atoms with van der Waals surface area (Å²) in [6.45, 7) is 7.33. The zero-order chi connectivity index (χ0) is 28.9. The van der Waals surface area contributed by atoms with Crippen molar-refractivity contribution in [3.8, 4) is 0 Å². The molecule has 0 saturated carbocycles. The van der Waals surface area contributed by atoms with Gasteiger partial charge in [-0.2, -0.15) is 0 Å². The first-order valence-electron chi connectivity index (χ1n) is 13.5. The number of carbonyl (C=O) groups is 4. The Hall–Kier alpha value is -3.72. The maximum atomic E-state index is 13.5. The molecule has 0 heterocycles. The average molecular weight is 539 g/mol. The Morgan fingerprint density at radius 2 is 1.15 bits per heavy atom. The van der Waals surface area contributed by atoms with Crippen LogP contribution in [0, 0.1) is 11.8 Å². The summed E-state index contributed by atoms with van der Waals surface area (Å²) < 4.78 is 0. The van der Waals surface area contributed by atoms with Crippen LogP contribution in [0.15, 0.2) is 60.7 Å². The lowest BCUT2D eigenvalue weighted by atomic mass is 9.95. The molecule has 2 rings (SSSR count). The van der Waals surface area contributed by atoms with Gasteiger partial charge in [-0.05, 0) is 29.4 Å². The number of benzene rings is 2. The van der Waals surface area contributed by atoms with Gasteiger partial charge in [-0.15, -0.1) is 0 Å². The number of nitrogens with one attached hydrogen (secondary N) is 3. The minimum Gasteiger partial charge on any atom is -0.480 e. The SMILES string of the molecule is CCC(C)C(NC(=O)C(Cc1ccccc1)NC(=O)C(NC(=O)C(N)Cc1ccccc1)C(C)CC)C(=O)O. The molecule has 6 N–H and O–H groups in total. The van der Waals surface area contributed by atoms with Crippen molar-refractivity contribution in [2.24, 2.45) is 17.6 Å². The van der Waals surface area contributed by atoms with Crippen LogP contribution in [0.3, 0.4) is 0 Å². The number of hydrogen-bond donors (Lipinski definition) is 5. The molecule has 0 aliphatic rings. The lowest BCUT2D eigenvalue weighted by Gasteiger charge is -2.28. The van der Waals surface area contributed by atoms with Crippen LogP contribution in [0.2, 0.25) is 0 Å². The maximum Gasteiger partial charge on any atom is 0.326 e. The van der Waals surface area contributed by atoms with Gasteiger partial charge in [0.25, 0.3) is 0 Å². The molecule has 0 saturated heterocycles. The summed E-state index contributed by atoms with van der Waals surface area (Å²) in [6.07, 6.45) is 1.61. The van der Waals surface area contributed by atoms with E-state index in [-0.39, 0.29) is 18.3 Å². The normalized spacial score (nSPS) is 15.6. The monoisotopic (exact) mass is 538 g/mol. The third-order valence-corrected chi connectivity index (χ3v) is 7.12. The van der Waals surface area contributed by atoms with Crippen molar-refractivity contribution < 1.29 is 24.3 Å². The van der Waals surface area contributed by atoms with Gasteiger partial charge in [0, 0.05) is 6.42 Å². The zero-order valence-corrected chi connectivity index (χ0v) is 23.2. The lowest BCUT2D eigenvalue weighted by Crippen LogP contribution is -2.59. The second-order valence-corrected chi connectivity index (χ2v) is 10.1. The largest absolute Gasteiger partial charge is 0.480 e. The average Bonchev–Trinajstić information content (AvgIpc) is 2.93. The summed E-state index contributed by atoms with van der Waals surface area (Å²) in [6, 6.07) is 14.6. The van der Waals surface area contributed by atoms with E-state index in [1.165, 1.54) is 0 Å². The van der Waals surface area contributed by atoms with Gasteiger partial charge < -0.3 is 26.8 Å². The molecule has 6 unspecified atom stereocenters. The maximum absolute atomic E-state index is 13.5. The third kappa shape index (κ3) is 9.83. The van der Waals surface area contributed by atoms with Crippen LogP contribution < -0.4 is 21.7 Å². The van der Waals surface area contributed by atoms with Crippen molar-refractivity contribution in [1.82, 2.24) is 16.0 Å². The first kappa shape index (κ1) is 31.5. The Bertz CT molecular complexity index is 1080. The Kier molecular flexibility index (Phi) is 12.6. The van der Waals surface area contributed by atoms with E-state index in [0.29, 0.717) is 19.3 Å². The first-order valence-corrected chi connectivity index (χ1v) is 13.5. The zero-order valence-electron chi connectivity index (χ0n) is 23.2. The highest BCUT2D eigenvalue weighted by Crippen LogP contribution is 2.13. The van der Waals surface area contributed by atoms with Crippen LogP contribution in [0.4, 0.5) is 0 Å². The molecule has 0 radical (unpaired) electrons. The predicted molar refractivity (Wildman–Crippen MR) is 151 cm³/mol. The van der Waals surface area contributed by atoms with Gasteiger partial charge in [-0.3, -0.25) is 14.4 Å². The fourth-order valence-corrected chi connectivity index (χ4v) is 4.18. The van der Waals surface area contributed by atoms with Crippen molar-refractivity contribution in [3.05, 3.63) is 71.8 Å². The fraction of sp³-hybridized carbons (Fsp3) is 0.467. The molecule has 2 aromatic rings. The van der Waals surface area contributed by atoms with Gasteiger partial charge >= 0.3 is 5.97 Å². The summed E-state index contributed by atoms with van der Waals surface area (Å²) >= 11 is 0. The molecule has 6 atom stereocenters. The Morgan fingerprint density at radius 1 is 0.692 bits per heavy atom. The fourth-order valence-electron chi connectivity index (χ4n) is 4.18. The molecular formula is C30H42N4O5. The van der Waals surface area contributed by atoms with E-state index < -0.39 is 47.9 Å². The van der Waals surface area contributed by atoms with Crippen LogP contribution in [-0.4, -0.2) is 53.0 Å². The third-order valence-electron chi connectivity index (χ3n) is 7.12. The van der Waals surface area contributed by atoms with Crippen molar-refractivity contribution in [2.45, 2.75) is 77.5 Å². The smallest absolute Gasteiger partial charge is 0.326 e. The second kappa shape index (κ2) is 15.6. The molecule has 0 bridgehead atoms. The van der Waals surface area contributed by atoms with Gasteiger partial charge in [0.1, 0.15) is 18.1 Å². The number of nitrogens with two attached hydrogens (primary N) is 1. The van der Waals surface area contributed by atoms with E-state index >= 15 is 0 Å². The van der Waals surface area contributed by atoms with Crippen LogP contribution in [-0.2, 0) is 32.0 Å². The number of rotatable bonds is 15. The minimum atomic E-state index is -1.14. The predicted octanol–water partition coefficient (Wildman–Crippen LogP) is 2.43. The summed E-state index contributed by atoms with van der Waals surface area (Å²) in [5.41, 5.74) is 7.85. The molecule has 0 fully saturated rings. The highest BCUT2D eigenvalue weighted by atomic mass is 16.4. The van der Waals surface area contributed by atoms with Gasteiger partial charge in [0.05, 0.1) is 6.04 Å². The van der Waals surface area contributed by atoms with Crippen molar-refractivity contribution in [2.75, 3.05) is 0 Å². The van der Waals surface area contributed by atoms with E-state index in [9.17, 15) is 24.3 Å². The molecule has 0 aliphatic heterocycles. The van der Waals surface area contributed by atoms with E-state index in [4.69, 9.17) is 5.73 Å². The molecule has 9 heteroatoms. The molecule has 212 valence electrons. The van der Waals surface area contributed by atoms with E-state index in [2.05, 4.69) is 16.0 Å². The summed E-state index contributed by atoms with van der Waals surface area (Å²) in [5.74, 6) is -3.29. The topological polar surface area (TPSA) is 151 Å². The summed E-state index contributed by atoms with van der Waals surface area (Å²) in [7, 11) is 0. The Labute approximate surface area is 230 Å². The molecule has 2 aromatic carbocycles. The van der Waals surface area contributed by atoms with E-state index in [1.54, 1.807) is 6.92 Å².